The Balaban J connectivity index is 1.78. The summed E-state index contributed by atoms with van der Waals surface area (Å²) in [5.74, 6) is -1.71. The van der Waals surface area contributed by atoms with Gasteiger partial charge in [0.1, 0.15) is 12.1 Å². The number of ether oxygens (including phenoxy) is 3. The second-order valence-electron chi connectivity index (χ2n) is 17.7. The van der Waals surface area contributed by atoms with Gasteiger partial charge in [-0.3, -0.25) is 24.1 Å². The molecule has 2 heterocycles. The predicted octanol–water partition coefficient (Wildman–Crippen LogP) is 3.92. The molecule has 1 unspecified atom stereocenters. The average molecular weight is 844 g/mol. The molecule has 5 amide bonds. The van der Waals surface area contributed by atoms with E-state index in [0.717, 1.165) is 18.4 Å². The Kier molecular flexibility index (Phi) is 20.2. The standard InChI is InChI=1S/C45H77N7O8/c1-14-30(6)39(50(11)44(56)37(28(2)3)48-43(55)38(29(4)5)49(9)10)35(58-12)27-36(53)52-24-18-21-34(52)40(59-13)31(7)42(54)47-32(8)41(33-19-16-15-17-20-33)60-45(57)51-25-22-46-23-26-51/h15-17,19-20,28-32,34-35,37-41,46H,14,18,21-27H2,1-13H3,(H,47,54)(H,48,55)/t30-,31+,32+,34-,35?,37-,38-,39-,40+,41+/m0/s1. The number of benzene rings is 1. The Bertz CT molecular complexity index is 1520. The molecule has 340 valence electrons. The van der Waals surface area contributed by atoms with Crippen molar-refractivity contribution in [3.63, 3.8) is 0 Å². The number of nitrogens with zero attached hydrogens (tertiary/aromatic N) is 4. The van der Waals surface area contributed by atoms with Gasteiger partial charge in [0.15, 0.2) is 0 Å². The van der Waals surface area contributed by atoms with Crippen LogP contribution in [0.1, 0.15) is 92.7 Å². The molecular formula is C45H77N7O8. The summed E-state index contributed by atoms with van der Waals surface area (Å²) < 4.78 is 18.1. The Morgan fingerprint density at radius 3 is 2.02 bits per heavy atom. The summed E-state index contributed by atoms with van der Waals surface area (Å²) >= 11 is 0. The van der Waals surface area contributed by atoms with Gasteiger partial charge in [0.05, 0.1) is 48.7 Å². The molecule has 2 aliphatic rings. The Morgan fingerprint density at radius 1 is 0.850 bits per heavy atom. The molecule has 10 atom stereocenters. The van der Waals surface area contributed by atoms with Gasteiger partial charge in [0, 0.05) is 54.0 Å². The number of nitrogens with one attached hydrogen (secondary N) is 3. The van der Waals surface area contributed by atoms with Gasteiger partial charge in [-0.15, -0.1) is 0 Å². The number of rotatable bonds is 21. The molecule has 0 spiro atoms. The first-order valence-corrected chi connectivity index (χ1v) is 22.0. The molecule has 0 aromatic heterocycles. The minimum atomic E-state index is -0.772. The van der Waals surface area contributed by atoms with Crippen LogP contribution in [0.2, 0.25) is 0 Å². The van der Waals surface area contributed by atoms with Crippen molar-refractivity contribution in [2.24, 2.45) is 23.7 Å². The summed E-state index contributed by atoms with van der Waals surface area (Å²) in [6.45, 7) is 18.4. The number of hydrogen-bond donors (Lipinski definition) is 3. The van der Waals surface area contributed by atoms with Crippen LogP contribution in [0.15, 0.2) is 30.3 Å². The minimum absolute atomic E-state index is 0.0135. The number of piperazine rings is 1. The number of likely N-dealkylation sites (N-methyl/N-ethyl adjacent to an activating group) is 2. The van der Waals surface area contributed by atoms with Crippen LogP contribution < -0.4 is 16.0 Å². The Hall–Kier alpha value is -3.79. The molecule has 2 saturated heterocycles. The molecular weight excluding hydrogens is 767 g/mol. The first-order chi connectivity index (χ1) is 28.4. The zero-order valence-corrected chi connectivity index (χ0v) is 38.7. The highest BCUT2D eigenvalue weighted by Gasteiger charge is 2.43. The van der Waals surface area contributed by atoms with E-state index in [0.29, 0.717) is 39.1 Å². The third kappa shape index (κ3) is 13.1. The van der Waals surface area contributed by atoms with Gasteiger partial charge in [-0.1, -0.05) is 85.2 Å². The normalized spacial score (nSPS) is 20.4. The molecule has 15 heteroatoms. The van der Waals surface area contributed by atoms with Crippen LogP contribution >= 0.6 is 0 Å². The fraction of sp³-hybridized carbons (Fsp3) is 0.756. The van der Waals surface area contributed by atoms with Crippen LogP contribution in [0, 0.1) is 23.7 Å². The van der Waals surface area contributed by atoms with Crippen molar-refractivity contribution in [3.05, 3.63) is 35.9 Å². The summed E-state index contributed by atoms with van der Waals surface area (Å²) in [6.07, 6.45) is -0.286. The highest BCUT2D eigenvalue weighted by Crippen LogP contribution is 2.30. The van der Waals surface area contributed by atoms with Crippen molar-refractivity contribution in [2.75, 3.05) is 68.1 Å². The Labute approximate surface area is 359 Å². The first kappa shape index (κ1) is 50.6. The van der Waals surface area contributed by atoms with Gasteiger partial charge in [-0.2, -0.15) is 0 Å². The topological polar surface area (TPSA) is 162 Å². The quantitative estimate of drug-likeness (QED) is 0.166. The minimum Gasteiger partial charge on any atom is -0.439 e. The number of amides is 5. The Morgan fingerprint density at radius 2 is 1.48 bits per heavy atom. The van der Waals surface area contributed by atoms with Crippen molar-refractivity contribution in [1.29, 1.82) is 0 Å². The number of methoxy groups -OCH3 is 2. The van der Waals surface area contributed by atoms with E-state index in [9.17, 15) is 24.0 Å². The largest absolute Gasteiger partial charge is 0.439 e. The summed E-state index contributed by atoms with van der Waals surface area (Å²) in [5.41, 5.74) is 0.765. The smallest absolute Gasteiger partial charge is 0.410 e. The predicted molar refractivity (Wildman–Crippen MR) is 233 cm³/mol. The van der Waals surface area contributed by atoms with E-state index in [2.05, 4.69) is 16.0 Å². The maximum absolute atomic E-state index is 14.4. The van der Waals surface area contributed by atoms with Crippen LogP contribution in [0.3, 0.4) is 0 Å². The monoisotopic (exact) mass is 844 g/mol. The molecule has 1 aromatic rings. The number of carbonyl (C=O) groups is 5. The molecule has 3 N–H and O–H groups in total. The molecule has 1 aromatic carbocycles. The lowest BCUT2D eigenvalue weighted by Gasteiger charge is -2.41. The van der Waals surface area contributed by atoms with Crippen molar-refractivity contribution >= 4 is 29.7 Å². The van der Waals surface area contributed by atoms with Gasteiger partial charge in [-0.25, -0.2) is 4.79 Å². The summed E-state index contributed by atoms with van der Waals surface area (Å²) in [7, 11) is 8.57. The highest BCUT2D eigenvalue weighted by atomic mass is 16.6. The van der Waals surface area contributed by atoms with E-state index in [1.165, 1.54) is 0 Å². The highest BCUT2D eigenvalue weighted by molar-refractivity contribution is 5.90. The van der Waals surface area contributed by atoms with Gasteiger partial charge in [0.2, 0.25) is 23.6 Å². The van der Waals surface area contributed by atoms with Crippen molar-refractivity contribution in [1.82, 2.24) is 35.6 Å². The van der Waals surface area contributed by atoms with Gasteiger partial charge in [0.25, 0.3) is 0 Å². The summed E-state index contributed by atoms with van der Waals surface area (Å²) in [6, 6.07) is 6.80. The zero-order valence-electron chi connectivity index (χ0n) is 38.7. The van der Waals surface area contributed by atoms with Crippen molar-refractivity contribution in [2.45, 2.75) is 130 Å². The zero-order chi connectivity index (χ0) is 44.8. The molecule has 2 aliphatic heterocycles. The van der Waals surface area contributed by atoms with E-state index in [-0.39, 0.29) is 53.8 Å². The molecule has 60 heavy (non-hydrogen) atoms. The van der Waals surface area contributed by atoms with E-state index >= 15 is 0 Å². The lowest BCUT2D eigenvalue weighted by Crippen LogP contribution is -2.59. The van der Waals surface area contributed by atoms with Gasteiger partial charge < -0.3 is 44.9 Å². The van der Waals surface area contributed by atoms with Crippen molar-refractivity contribution in [3.8, 4) is 0 Å². The number of likely N-dealkylation sites (tertiary alicyclic amines) is 1. The first-order valence-electron chi connectivity index (χ1n) is 22.0. The maximum Gasteiger partial charge on any atom is 0.410 e. The summed E-state index contributed by atoms with van der Waals surface area (Å²) in [5, 5.41) is 9.38. The van der Waals surface area contributed by atoms with Gasteiger partial charge in [-0.05, 0) is 57.2 Å². The lowest BCUT2D eigenvalue weighted by atomic mass is 9.89. The van der Waals surface area contributed by atoms with E-state index in [1.54, 1.807) is 42.9 Å². The van der Waals surface area contributed by atoms with E-state index < -0.39 is 54.5 Å². The third-order valence-corrected chi connectivity index (χ3v) is 12.5. The molecule has 0 aliphatic carbocycles. The fourth-order valence-corrected chi connectivity index (χ4v) is 8.97. The second-order valence-corrected chi connectivity index (χ2v) is 17.7. The van der Waals surface area contributed by atoms with Crippen LogP contribution in [0.25, 0.3) is 0 Å². The molecule has 2 fully saturated rings. The molecule has 0 radical (unpaired) electrons. The van der Waals surface area contributed by atoms with Crippen LogP contribution in [0.5, 0.6) is 0 Å². The SMILES string of the molecule is CC[C@H](C)[C@@H](C(CC(=O)N1CCC[C@H]1[C@H](OC)[C@@H](C)C(=O)N[C@H](C)[C@@H](OC(=O)N1CCNCC1)c1ccccc1)OC)N(C)C(=O)[C@@H](NC(=O)[C@H](C(C)C)N(C)C)C(C)C. The molecule has 0 saturated carbocycles. The maximum atomic E-state index is 14.4. The number of carbonyl (C=O) groups excluding carboxylic acids is 5. The number of hydrogen-bond acceptors (Lipinski definition) is 10. The van der Waals surface area contributed by atoms with Crippen molar-refractivity contribution < 1.29 is 38.2 Å². The van der Waals surface area contributed by atoms with Crippen LogP contribution in [0.4, 0.5) is 4.79 Å². The molecule has 15 nitrogen and oxygen atoms in total. The van der Waals surface area contributed by atoms with Gasteiger partial charge >= 0.3 is 6.09 Å². The summed E-state index contributed by atoms with van der Waals surface area (Å²) in [4.78, 5) is 76.4. The average Bonchev–Trinajstić information content (AvgIpc) is 3.71. The second kappa shape index (κ2) is 24.0. The molecule has 0 bridgehead atoms. The van der Waals surface area contributed by atoms with E-state index in [4.69, 9.17) is 14.2 Å². The van der Waals surface area contributed by atoms with E-state index in [1.807, 2.05) is 97.8 Å². The third-order valence-electron chi connectivity index (χ3n) is 12.5. The lowest BCUT2D eigenvalue weighted by molar-refractivity contribution is -0.148. The van der Waals surface area contributed by atoms with Crippen LogP contribution in [-0.4, -0.2) is 160 Å². The molecule has 3 rings (SSSR count). The van der Waals surface area contributed by atoms with Crippen LogP contribution in [-0.2, 0) is 33.4 Å². The fourth-order valence-electron chi connectivity index (χ4n) is 8.97.